The van der Waals surface area contributed by atoms with E-state index in [1.54, 1.807) is 18.2 Å². The molecule has 3 aromatic rings. The third kappa shape index (κ3) is 3.96. The van der Waals surface area contributed by atoms with Crippen molar-refractivity contribution in [1.82, 2.24) is 0 Å². The van der Waals surface area contributed by atoms with Gasteiger partial charge < -0.3 is 15.2 Å². The molecule has 30 heavy (non-hydrogen) atoms. The Labute approximate surface area is 182 Å². The molecule has 1 atom stereocenters. The summed E-state index contributed by atoms with van der Waals surface area (Å²) in [6.07, 6.45) is -0.0417. The first-order chi connectivity index (χ1) is 14.4. The van der Waals surface area contributed by atoms with E-state index in [2.05, 4.69) is 15.9 Å². The van der Waals surface area contributed by atoms with Crippen molar-refractivity contribution in [3.05, 3.63) is 93.0 Å². The molecule has 1 aliphatic heterocycles. The summed E-state index contributed by atoms with van der Waals surface area (Å²) in [6.45, 7) is 2.26. The molecule has 4 rings (SSSR count). The molecule has 5 nitrogen and oxygen atoms in total. The average Bonchev–Trinajstić information content (AvgIpc) is 2.74. The molecule has 0 saturated heterocycles. The number of fused-ring (bicyclic) bond motifs is 1. The number of amides is 1. The predicted octanol–water partition coefficient (Wildman–Crippen LogP) is 4.99. The third-order valence-corrected chi connectivity index (χ3v) is 5.62. The molecule has 0 fully saturated rings. The summed E-state index contributed by atoms with van der Waals surface area (Å²) in [5, 5.41) is 0. The molecule has 0 spiro atoms. The fraction of sp³-hybridized carbons (Fsp3) is 0.167. The van der Waals surface area contributed by atoms with Crippen LogP contribution >= 0.6 is 15.9 Å². The van der Waals surface area contributed by atoms with Crippen molar-refractivity contribution >= 4 is 27.6 Å². The predicted molar refractivity (Wildman–Crippen MR) is 117 cm³/mol. The van der Waals surface area contributed by atoms with Gasteiger partial charge in [0.1, 0.15) is 17.6 Å². The number of rotatable bonds is 5. The number of ether oxygens (including phenoxy) is 2. The number of primary amides is 1. The number of hydrogen-bond donors (Lipinski definition) is 1. The Morgan fingerprint density at radius 1 is 1.10 bits per heavy atom. The molecule has 0 bridgehead atoms. The lowest BCUT2D eigenvalue weighted by Crippen LogP contribution is -2.17. The standard InChI is InChI=1S/C24H20BrNO4/c1-14-21(10-9-19-20(27)11-12-29-22(14)19)30-23(17-3-2-4-18(25)13-17)15-5-7-16(8-6-15)24(26)28/h2-10,13,23H,11-12H2,1H3,(H2,26,28). The number of carbonyl (C=O) groups is 2. The van der Waals surface area contributed by atoms with Gasteiger partial charge in [0, 0.05) is 22.0 Å². The van der Waals surface area contributed by atoms with Gasteiger partial charge in [0.05, 0.1) is 12.2 Å². The van der Waals surface area contributed by atoms with Crippen LogP contribution in [0.4, 0.5) is 0 Å². The Morgan fingerprint density at radius 2 is 1.87 bits per heavy atom. The Kier molecular flexibility index (Phi) is 5.59. The molecular formula is C24H20BrNO4. The Morgan fingerprint density at radius 3 is 2.57 bits per heavy atom. The zero-order valence-corrected chi connectivity index (χ0v) is 17.9. The van der Waals surface area contributed by atoms with Crippen LogP contribution in [0.2, 0.25) is 0 Å². The topological polar surface area (TPSA) is 78.6 Å². The first-order valence-corrected chi connectivity index (χ1v) is 10.3. The van der Waals surface area contributed by atoms with Crippen LogP contribution in [0.15, 0.2) is 65.1 Å². The summed E-state index contributed by atoms with van der Waals surface area (Å²) >= 11 is 3.52. The second-order valence-electron chi connectivity index (χ2n) is 7.13. The van der Waals surface area contributed by atoms with Crippen LogP contribution in [0.1, 0.15) is 49.9 Å². The zero-order valence-electron chi connectivity index (χ0n) is 16.4. The molecule has 0 radical (unpaired) electrons. The monoisotopic (exact) mass is 465 g/mol. The Hall–Kier alpha value is -3.12. The van der Waals surface area contributed by atoms with Gasteiger partial charge in [-0.05, 0) is 54.4 Å². The van der Waals surface area contributed by atoms with Gasteiger partial charge in [-0.2, -0.15) is 0 Å². The molecule has 1 unspecified atom stereocenters. The van der Waals surface area contributed by atoms with Crippen molar-refractivity contribution in [1.29, 1.82) is 0 Å². The lowest BCUT2D eigenvalue weighted by molar-refractivity contribution is 0.0931. The lowest BCUT2D eigenvalue weighted by Gasteiger charge is -2.25. The van der Waals surface area contributed by atoms with Crippen molar-refractivity contribution < 1.29 is 19.1 Å². The quantitative estimate of drug-likeness (QED) is 0.575. The number of hydrogen-bond acceptors (Lipinski definition) is 4. The molecule has 1 aliphatic rings. The second-order valence-corrected chi connectivity index (χ2v) is 8.04. The highest BCUT2D eigenvalue weighted by molar-refractivity contribution is 9.10. The van der Waals surface area contributed by atoms with Gasteiger partial charge >= 0.3 is 0 Å². The number of ketones is 1. The van der Waals surface area contributed by atoms with Gasteiger partial charge in [-0.25, -0.2) is 0 Å². The number of carbonyl (C=O) groups excluding carboxylic acids is 2. The Balaban J connectivity index is 1.75. The van der Waals surface area contributed by atoms with Crippen molar-refractivity contribution in [2.24, 2.45) is 5.73 Å². The lowest BCUT2D eigenvalue weighted by atomic mass is 9.98. The summed E-state index contributed by atoms with van der Waals surface area (Å²) in [5.41, 5.74) is 8.99. The van der Waals surface area contributed by atoms with Gasteiger partial charge in [-0.3, -0.25) is 9.59 Å². The number of halogens is 1. The summed E-state index contributed by atoms with van der Waals surface area (Å²) in [4.78, 5) is 23.6. The van der Waals surface area contributed by atoms with Crippen LogP contribution in [-0.2, 0) is 0 Å². The molecular weight excluding hydrogens is 446 g/mol. The van der Waals surface area contributed by atoms with E-state index in [9.17, 15) is 9.59 Å². The van der Waals surface area contributed by atoms with Crippen LogP contribution in [0.25, 0.3) is 0 Å². The first kappa shape index (κ1) is 20.2. The van der Waals surface area contributed by atoms with E-state index in [1.807, 2.05) is 49.4 Å². The smallest absolute Gasteiger partial charge is 0.248 e. The zero-order chi connectivity index (χ0) is 21.3. The highest BCUT2D eigenvalue weighted by Gasteiger charge is 2.24. The van der Waals surface area contributed by atoms with Crippen LogP contribution in [0.5, 0.6) is 11.5 Å². The molecule has 1 amide bonds. The van der Waals surface area contributed by atoms with Crippen molar-refractivity contribution in [2.75, 3.05) is 6.61 Å². The summed E-state index contributed by atoms with van der Waals surface area (Å²) < 4.78 is 13.1. The minimum absolute atomic E-state index is 0.0801. The molecule has 0 aromatic heterocycles. The molecule has 0 saturated carbocycles. The SMILES string of the molecule is Cc1c(OC(c2ccc(C(N)=O)cc2)c2cccc(Br)c2)ccc2c1OCCC2=O. The fourth-order valence-electron chi connectivity index (χ4n) is 3.53. The maximum absolute atomic E-state index is 12.2. The van der Waals surface area contributed by atoms with E-state index in [0.29, 0.717) is 35.7 Å². The maximum atomic E-state index is 12.2. The highest BCUT2D eigenvalue weighted by atomic mass is 79.9. The van der Waals surface area contributed by atoms with E-state index in [4.69, 9.17) is 15.2 Å². The minimum atomic E-state index is -0.478. The normalized spacial score (nSPS) is 13.9. The van der Waals surface area contributed by atoms with Gasteiger partial charge in [0.2, 0.25) is 5.91 Å². The van der Waals surface area contributed by atoms with Gasteiger partial charge in [0.15, 0.2) is 5.78 Å². The van der Waals surface area contributed by atoms with Gasteiger partial charge in [0.25, 0.3) is 0 Å². The van der Waals surface area contributed by atoms with E-state index in [0.717, 1.165) is 21.2 Å². The van der Waals surface area contributed by atoms with E-state index >= 15 is 0 Å². The van der Waals surface area contributed by atoms with Crippen molar-refractivity contribution in [2.45, 2.75) is 19.4 Å². The van der Waals surface area contributed by atoms with E-state index < -0.39 is 12.0 Å². The van der Waals surface area contributed by atoms with Gasteiger partial charge in [-0.15, -0.1) is 0 Å². The second kappa shape index (κ2) is 8.32. The molecule has 3 aromatic carbocycles. The molecule has 6 heteroatoms. The highest BCUT2D eigenvalue weighted by Crippen LogP contribution is 2.38. The fourth-order valence-corrected chi connectivity index (χ4v) is 3.95. The van der Waals surface area contributed by atoms with Crippen LogP contribution < -0.4 is 15.2 Å². The first-order valence-electron chi connectivity index (χ1n) is 9.55. The molecule has 0 aliphatic carbocycles. The summed E-state index contributed by atoms with van der Waals surface area (Å²) in [6, 6.07) is 18.5. The largest absolute Gasteiger partial charge is 0.492 e. The summed E-state index contributed by atoms with van der Waals surface area (Å²) in [7, 11) is 0. The van der Waals surface area contributed by atoms with Crippen molar-refractivity contribution in [3.8, 4) is 11.5 Å². The molecule has 1 heterocycles. The van der Waals surface area contributed by atoms with E-state index in [1.165, 1.54) is 0 Å². The minimum Gasteiger partial charge on any atom is -0.492 e. The molecule has 2 N–H and O–H groups in total. The van der Waals surface area contributed by atoms with E-state index in [-0.39, 0.29) is 5.78 Å². The number of Topliss-reactive ketones (excluding diaryl/α,β-unsaturated/α-hetero) is 1. The number of benzene rings is 3. The van der Waals surface area contributed by atoms with Crippen LogP contribution in [-0.4, -0.2) is 18.3 Å². The van der Waals surface area contributed by atoms with Crippen LogP contribution in [0.3, 0.4) is 0 Å². The van der Waals surface area contributed by atoms with Crippen molar-refractivity contribution in [3.63, 3.8) is 0 Å². The molecule has 152 valence electrons. The maximum Gasteiger partial charge on any atom is 0.248 e. The third-order valence-electron chi connectivity index (χ3n) is 5.13. The average molecular weight is 466 g/mol. The summed E-state index contributed by atoms with van der Waals surface area (Å²) in [5.74, 6) is 0.818. The van der Waals surface area contributed by atoms with Crippen LogP contribution in [0, 0.1) is 6.92 Å². The Bertz CT molecular complexity index is 1120. The number of nitrogens with two attached hydrogens (primary N) is 1. The van der Waals surface area contributed by atoms with Gasteiger partial charge in [-0.1, -0.05) is 40.2 Å².